The van der Waals surface area contributed by atoms with Gasteiger partial charge in [0.25, 0.3) is 0 Å². The van der Waals surface area contributed by atoms with Crippen molar-refractivity contribution in [2.24, 2.45) is 5.14 Å². The fourth-order valence-corrected chi connectivity index (χ4v) is 5.39. The van der Waals surface area contributed by atoms with Gasteiger partial charge >= 0.3 is 0 Å². The van der Waals surface area contributed by atoms with Crippen molar-refractivity contribution in [3.63, 3.8) is 0 Å². The number of nitrogens with zero attached hydrogens (tertiary/aromatic N) is 2. The Hall–Kier alpha value is -2.50. The van der Waals surface area contributed by atoms with E-state index in [1.54, 1.807) is 42.6 Å². The van der Waals surface area contributed by atoms with Crippen LogP contribution in [-0.2, 0) is 26.0 Å². The predicted molar refractivity (Wildman–Crippen MR) is 126 cm³/mol. The summed E-state index contributed by atoms with van der Waals surface area (Å²) in [5, 5.41) is 10.1. The second kappa shape index (κ2) is 9.55. The maximum absolute atomic E-state index is 12.5. The van der Waals surface area contributed by atoms with E-state index in [0.29, 0.717) is 40.1 Å². The Labute approximate surface area is 195 Å². The minimum absolute atomic E-state index is 0.0571. The van der Waals surface area contributed by atoms with E-state index >= 15 is 0 Å². The lowest BCUT2D eigenvalue weighted by Gasteiger charge is -2.26. The average molecular weight is 493 g/mol. The molecule has 0 radical (unpaired) electrons. The fourth-order valence-electron chi connectivity index (χ4n) is 3.35. The summed E-state index contributed by atoms with van der Waals surface area (Å²) in [6.07, 6.45) is 1.78. The van der Waals surface area contributed by atoms with Gasteiger partial charge in [-0.05, 0) is 29.8 Å². The molecule has 32 heavy (non-hydrogen) atoms. The molecule has 1 saturated heterocycles. The van der Waals surface area contributed by atoms with Gasteiger partial charge in [0.15, 0.2) is 0 Å². The Balaban J connectivity index is 1.58. The highest BCUT2D eigenvalue weighted by Gasteiger charge is 2.21. The van der Waals surface area contributed by atoms with Crippen molar-refractivity contribution >= 4 is 49.6 Å². The van der Waals surface area contributed by atoms with E-state index in [0.717, 1.165) is 18.1 Å². The molecule has 4 rings (SSSR count). The highest BCUT2D eigenvalue weighted by Crippen LogP contribution is 2.35. The monoisotopic (exact) mass is 492 g/mol. The standard InChI is InChI=1S/C21H21ClN4O4S2/c22-17-4-2-1-3-14(17)11-19(27)25-15-5-6-16(18(12-15)32(23,28)29)21-24-13-20(31-21)26-7-9-30-10-8-26/h1-6,12-13H,7-11H2,(H,25,27)(H2,23,28,29). The van der Waals surface area contributed by atoms with Crippen LogP contribution in [0, 0.1) is 0 Å². The van der Waals surface area contributed by atoms with Gasteiger partial charge in [0.1, 0.15) is 10.0 Å². The number of sulfonamides is 1. The number of thiazole rings is 1. The summed E-state index contributed by atoms with van der Waals surface area (Å²) in [6, 6.07) is 11.6. The van der Waals surface area contributed by atoms with Crippen molar-refractivity contribution in [1.82, 2.24) is 4.98 Å². The van der Waals surface area contributed by atoms with Gasteiger partial charge < -0.3 is 15.0 Å². The van der Waals surface area contributed by atoms with Crippen LogP contribution < -0.4 is 15.4 Å². The molecule has 0 atom stereocenters. The molecule has 0 saturated carbocycles. The number of morpholine rings is 1. The summed E-state index contributed by atoms with van der Waals surface area (Å²) in [6.45, 7) is 2.77. The number of amides is 1. The summed E-state index contributed by atoms with van der Waals surface area (Å²) in [5.74, 6) is -0.324. The molecule has 2 aromatic carbocycles. The van der Waals surface area contributed by atoms with Crippen LogP contribution in [0.15, 0.2) is 53.6 Å². The van der Waals surface area contributed by atoms with E-state index in [9.17, 15) is 13.2 Å². The molecule has 1 aliphatic heterocycles. The first-order valence-electron chi connectivity index (χ1n) is 9.80. The van der Waals surface area contributed by atoms with Crippen LogP contribution in [-0.4, -0.2) is 45.6 Å². The molecule has 0 bridgehead atoms. The highest BCUT2D eigenvalue weighted by atomic mass is 35.5. The van der Waals surface area contributed by atoms with E-state index in [1.807, 2.05) is 0 Å². The van der Waals surface area contributed by atoms with E-state index in [1.165, 1.54) is 17.4 Å². The van der Waals surface area contributed by atoms with Crippen molar-refractivity contribution < 1.29 is 17.9 Å². The summed E-state index contributed by atoms with van der Waals surface area (Å²) in [7, 11) is -4.06. The molecule has 3 aromatic rings. The van der Waals surface area contributed by atoms with Gasteiger partial charge in [0.05, 0.1) is 30.7 Å². The first-order valence-corrected chi connectivity index (χ1v) is 12.5. The predicted octanol–water partition coefficient (Wildman–Crippen LogP) is 3.13. The fraction of sp³-hybridized carbons (Fsp3) is 0.238. The number of nitrogens with two attached hydrogens (primary N) is 1. The van der Waals surface area contributed by atoms with Crippen molar-refractivity contribution in [3.8, 4) is 10.6 Å². The minimum atomic E-state index is -4.06. The topological polar surface area (TPSA) is 115 Å². The second-order valence-corrected chi connectivity index (χ2v) is 10.1. The summed E-state index contributed by atoms with van der Waals surface area (Å²) in [4.78, 5) is 18.9. The molecule has 11 heteroatoms. The van der Waals surface area contributed by atoms with E-state index in [2.05, 4.69) is 15.2 Å². The number of rotatable bonds is 6. The number of hydrogen-bond acceptors (Lipinski definition) is 7. The Morgan fingerprint density at radius 2 is 1.97 bits per heavy atom. The molecular weight excluding hydrogens is 472 g/mol. The number of nitrogens with one attached hydrogen (secondary N) is 1. The molecule has 1 amide bonds. The summed E-state index contributed by atoms with van der Waals surface area (Å²) in [5.41, 5.74) is 1.38. The van der Waals surface area contributed by atoms with Gasteiger partial charge in [0, 0.05) is 29.4 Å². The first-order chi connectivity index (χ1) is 15.3. The summed E-state index contributed by atoms with van der Waals surface area (Å²) >= 11 is 7.49. The Bertz CT molecular complexity index is 1240. The Kier molecular flexibility index (Phi) is 6.77. The number of hydrogen-bond donors (Lipinski definition) is 2. The molecule has 3 N–H and O–H groups in total. The highest BCUT2D eigenvalue weighted by molar-refractivity contribution is 7.89. The number of halogens is 1. The van der Waals surface area contributed by atoms with Crippen LogP contribution in [0.25, 0.3) is 10.6 Å². The third-order valence-corrected chi connectivity index (χ3v) is 7.34. The van der Waals surface area contributed by atoms with Gasteiger partial charge in [0.2, 0.25) is 15.9 Å². The number of aromatic nitrogens is 1. The van der Waals surface area contributed by atoms with Crippen LogP contribution in [0.5, 0.6) is 0 Å². The third kappa shape index (κ3) is 5.28. The number of anilines is 2. The quantitative estimate of drug-likeness (QED) is 0.546. The maximum atomic E-state index is 12.5. The van der Waals surface area contributed by atoms with E-state index in [4.69, 9.17) is 21.5 Å². The molecule has 1 aromatic heterocycles. The van der Waals surface area contributed by atoms with Crippen molar-refractivity contribution in [2.75, 3.05) is 36.5 Å². The smallest absolute Gasteiger partial charge is 0.238 e. The summed E-state index contributed by atoms with van der Waals surface area (Å²) < 4.78 is 30.0. The van der Waals surface area contributed by atoms with Crippen molar-refractivity contribution in [1.29, 1.82) is 0 Å². The molecule has 0 spiro atoms. The maximum Gasteiger partial charge on any atom is 0.238 e. The average Bonchev–Trinajstić information content (AvgIpc) is 3.25. The number of carbonyl (C=O) groups excluding carboxylic acids is 1. The van der Waals surface area contributed by atoms with Crippen LogP contribution in [0.2, 0.25) is 5.02 Å². The lowest BCUT2D eigenvalue weighted by atomic mass is 10.1. The van der Waals surface area contributed by atoms with Gasteiger partial charge in [-0.15, -0.1) is 0 Å². The molecule has 168 valence electrons. The zero-order valence-electron chi connectivity index (χ0n) is 17.0. The number of ether oxygens (including phenoxy) is 1. The SMILES string of the molecule is NS(=O)(=O)c1cc(NC(=O)Cc2ccccc2Cl)ccc1-c1ncc(N2CCOCC2)s1. The van der Waals surface area contributed by atoms with Crippen LogP contribution in [0.4, 0.5) is 10.7 Å². The van der Waals surface area contributed by atoms with Crippen molar-refractivity contribution in [2.45, 2.75) is 11.3 Å². The molecule has 1 fully saturated rings. The van der Waals surface area contributed by atoms with Crippen LogP contribution in [0.1, 0.15) is 5.56 Å². The zero-order chi connectivity index (χ0) is 22.7. The molecular formula is C21H21ClN4O4S2. The Morgan fingerprint density at radius 3 is 2.69 bits per heavy atom. The van der Waals surface area contributed by atoms with E-state index in [-0.39, 0.29) is 17.2 Å². The number of carbonyl (C=O) groups is 1. The lowest BCUT2D eigenvalue weighted by Crippen LogP contribution is -2.35. The number of primary sulfonamides is 1. The molecule has 1 aliphatic rings. The second-order valence-electron chi connectivity index (χ2n) is 7.18. The molecule has 0 unspecified atom stereocenters. The van der Waals surface area contributed by atoms with Gasteiger partial charge in [-0.1, -0.05) is 41.1 Å². The largest absolute Gasteiger partial charge is 0.378 e. The first kappa shape index (κ1) is 22.7. The minimum Gasteiger partial charge on any atom is -0.378 e. The molecule has 2 heterocycles. The van der Waals surface area contributed by atoms with Crippen molar-refractivity contribution in [3.05, 3.63) is 59.2 Å². The normalized spacial score (nSPS) is 14.4. The van der Waals surface area contributed by atoms with Crippen LogP contribution in [0.3, 0.4) is 0 Å². The zero-order valence-corrected chi connectivity index (χ0v) is 19.3. The van der Waals surface area contributed by atoms with Crippen LogP contribution >= 0.6 is 22.9 Å². The lowest BCUT2D eigenvalue weighted by molar-refractivity contribution is -0.115. The number of benzene rings is 2. The van der Waals surface area contributed by atoms with E-state index < -0.39 is 10.0 Å². The third-order valence-electron chi connectivity index (χ3n) is 4.93. The van der Waals surface area contributed by atoms with Gasteiger partial charge in [-0.2, -0.15) is 0 Å². The van der Waals surface area contributed by atoms with Gasteiger partial charge in [-0.25, -0.2) is 18.5 Å². The Morgan fingerprint density at radius 1 is 1.22 bits per heavy atom. The molecule has 0 aliphatic carbocycles. The van der Waals surface area contributed by atoms with Gasteiger partial charge in [-0.3, -0.25) is 4.79 Å². The molecule has 8 nitrogen and oxygen atoms in total.